The van der Waals surface area contributed by atoms with Gasteiger partial charge >= 0.3 is 0 Å². The number of halogens is 1. The van der Waals surface area contributed by atoms with Gasteiger partial charge in [-0.1, -0.05) is 17.7 Å². The molecule has 3 atom stereocenters. The number of rotatable bonds is 6. The van der Waals surface area contributed by atoms with Crippen LogP contribution < -0.4 is 10.2 Å². The second kappa shape index (κ2) is 7.50. The van der Waals surface area contributed by atoms with Crippen LogP contribution in [0.15, 0.2) is 54.9 Å². The zero-order valence-electron chi connectivity index (χ0n) is 14.5. The minimum Gasteiger partial charge on any atom is -0.371 e. The minimum atomic E-state index is -0.0394. The van der Waals surface area contributed by atoms with Gasteiger partial charge in [-0.25, -0.2) is 0 Å². The zero-order valence-corrected chi connectivity index (χ0v) is 15.3. The van der Waals surface area contributed by atoms with Crippen LogP contribution in [0.2, 0.25) is 5.02 Å². The van der Waals surface area contributed by atoms with Crippen molar-refractivity contribution in [2.24, 2.45) is 17.8 Å². The largest absolute Gasteiger partial charge is 0.371 e. The molecule has 4 rings (SSSR count). The van der Waals surface area contributed by atoms with Crippen molar-refractivity contribution in [3.63, 3.8) is 0 Å². The lowest BCUT2D eigenvalue weighted by Gasteiger charge is -2.22. The third-order valence-corrected chi connectivity index (χ3v) is 5.70. The first-order valence-corrected chi connectivity index (χ1v) is 9.45. The summed E-state index contributed by atoms with van der Waals surface area (Å²) in [5.41, 5.74) is 2.19. The van der Waals surface area contributed by atoms with Crippen molar-refractivity contribution in [2.45, 2.75) is 6.42 Å². The van der Waals surface area contributed by atoms with Crippen molar-refractivity contribution in [3.05, 3.63) is 65.5 Å². The van der Waals surface area contributed by atoms with Crippen LogP contribution in [-0.2, 0) is 4.79 Å². The number of nitrogens with zero attached hydrogens (tertiary/aromatic N) is 2. The second-order valence-electron chi connectivity index (χ2n) is 7.07. The maximum Gasteiger partial charge on any atom is 0.244 e. The average molecular weight is 368 g/mol. The Morgan fingerprint density at radius 2 is 2.00 bits per heavy atom. The Kier molecular flexibility index (Phi) is 4.93. The molecule has 1 aromatic heterocycles. The molecule has 2 fully saturated rings. The fraction of sp³-hybridized carbons (Fsp3) is 0.333. The number of aromatic nitrogens is 1. The van der Waals surface area contributed by atoms with Crippen LogP contribution in [0.4, 0.5) is 5.69 Å². The van der Waals surface area contributed by atoms with Gasteiger partial charge in [-0.15, -0.1) is 0 Å². The highest BCUT2D eigenvalue weighted by Crippen LogP contribution is 2.54. The van der Waals surface area contributed by atoms with E-state index in [4.69, 9.17) is 11.6 Å². The molecule has 4 nitrogen and oxygen atoms in total. The number of fused-ring (bicyclic) bond motifs is 1. The van der Waals surface area contributed by atoms with Gasteiger partial charge in [-0.05, 0) is 66.1 Å². The van der Waals surface area contributed by atoms with E-state index in [0.29, 0.717) is 0 Å². The van der Waals surface area contributed by atoms with Gasteiger partial charge in [0, 0.05) is 48.8 Å². The van der Waals surface area contributed by atoms with Gasteiger partial charge in [-0.2, -0.15) is 0 Å². The van der Waals surface area contributed by atoms with E-state index in [-0.39, 0.29) is 5.91 Å². The van der Waals surface area contributed by atoms with Crippen LogP contribution >= 0.6 is 11.6 Å². The van der Waals surface area contributed by atoms with E-state index in [1.807, 2.05) is 24.3 Å². The molecular weight excluding hydrogens is 346 g/mol. The summed E-state index contributed by atoms with van der Waals surface area (Å²) in [6, 6.07) is 11.9. The molecule has 1 aliphatic carbocycles. The molecule has 5 heteroatoms. The maximum absolute atomic E-state index is 11.9. The van der Waals surface area contributed by atoms with Crippen molar-refractivity contribution in [1.82, 2.24) is 10.3 Å². The average Bonchev–Trinajstić information content (AvgIpc) is 3.11. The zero-order chi connectivity index (χ0) is 17.9. The maximum atomic E-state index is 11.9. The van der Waals surface area contributed by atoms with Gasteiger partial charge in [0.15, 0.2) is 0 Å². The SMILES string of the molecule is O=C(/C=C/c1cccnc1)NCCC1[C@H]2CN(c3ccc(Cl)cc3)C[C@@H]12. The summed E-state index contributed by atoms with van der Waals surface area (Å²) in [4.78, 5) is 18.4. The smallest absolute Gasteiger partial charge is 0.244 e. The molecule has 134 valence electrons. The standard InChI is InChI=1S/C21H22ClN3O/c22-16-4-6-17(7-5-16)25-13-19-18(20(19)14-25)9-11-24-21(26)8-3-15-2-1-10-23-12-15/h1-8,10,12,18-20H,9,11,13-14H2,(H,24,26)/b8-3+/t18?,19-,20+. The van der Waals surface area contributed by atoms with Gasteiger partial charge in [0.25, 0.3) is 0 Å². The number of anilines is 1. The van der Waals surface area contributed by atoms with Crippen molar-refractivity contribution < 1.29 is 4.79 Å². The molecule has 0 spiro atoms. The number of hydrogen-bond acceptors (Lipinski definition) is 3. The number of hydrogen-bond donors (Lipinski definition) is 1. The first-order valence-electron chi connectivity index (χ1n) is 9.07. The summed E-state index contributed by atoms with van der Waals surface area (Å²) in [5, 5.41) is 3.77. The Morgan fingerprint density at radius 1 is 1.23 bits per heavy atom. The normalized spacial score (nSPS) is 23.9. The summed E-state index contributed by atoms with van der Waals surface area (Å²) in [7, 11) is 0. The quantitative estimate of drug-likeness (QED) is 0.793. The van der Waals surface area contributed by atoms with Crippen LogP contribution in [0, 0.1) is 17.8 Å². The number of nitrogens with one attached hydrogen (secondary N) is 1. The van der Waals surface area contributed by atoms with Gasteiger partial charge < -0.3 is 10.2 Å². The molecule has 1 unspecified atom stereocenters. The van der Waals surface area contributed by atoms with Gasteiger partial charge in [0.05, 0.1) is 0 Å². The van der Waals surface area contributed by atoms with Crippen LogP contribution in [0.3, 0.4) is 0 Å². The molecule has 0 radical (unpaired) electrons. The summed E-state index contributed by atoms with van der Waals surface area (Å²) in [6.07, 6.45) is 7.89. The van der Waals surface area contributed by atoms with E-state index >= 15 is 0 Å². The summed E-state index contributed by atoms with van der Waals surface area (Å²) in [6.45, 7) is 2.98. The lowest BCUT2D eigenvalue weighted by Crippen LogP contribution is -2.26. The van der Waals surface area contributed by atoms with Gasteiger partial charge in [0.2, 0.25) is 5.91 Å². The topological polar surface area (TPSA) is 45.2 Å². The second-order valence-corrected chi connectivity index (χ2v) is 7.51. The van der Waals surface area contributed by atoms with E-state index in [1.165, 1.54) is 5.69 Å². The minimum absolute atomic E-state index is 0.0394. The first-order chi connectivity index (χ1) is 12.7. The molecule has 0 bridgehead atoms. The van der Waals surface area contributed by atoms with E-state index in [9.17, 15) is 4.79 Å². The molecule has 26 heavy (non-hydrogen) atoms. The van der Waals surface area contributed by atoms with Crippen molar-refractivity contribution in [2.75, 3.05) is 24.5 Å². The van der Waals surface area contributed by atoms with Crippen molar-refractivity contribution in [3.8, 4) is 0 Å². The molecule has 1 aromatic carbocycles. The Balaban J connectivity index is 1.17. The molecule has 1 aliphatic heterocycles. The third kappa shape index (κ3) is 3.91. The fourth-order valence-corrected chi connectivity index (χ4v) is 4.13. The predicted molar refractivity (Wildman–Crippen MR) is 105 cm³/mol. The fourth-order valence-electron chi connectivity index (χ4n) is 4.01. The van der Waals surface area contributed by atoms with E-state index in [0.717, 1.165) is 54.4 Å². The molecule has 2 heterocycles. The summed E-state index contributed by atoms with van der Waals surface area (Å²) < 4.78 is 0. The number of piperidine rings is 1. The third-order valence-electron chi connectivity index (χ3n) is 5.45. The number of pyridine rings is 1. The molecular formula is C21H22ClN3O. The van der Waals surface area contributed by atoms with E-state index in [2.05, 4.69) is 27.3 Å². The Labute approximate surface area is 158 Å². The highest BCUT2D eigenvalue weighted by atomic mass is 35.5. The predicted octanol–water partition coefficient (Wildman–Crippen LogP) is 3.64. The summed E-state index contributed by atoms with van der Waals surface area (Å²) in [5.74, 6) is 2.26. The lowest BCUT2D eigenvalue weighted by molar-refractivity contribution is -0.116. The van der Waals surface area contributed by atoms with Crippen LogP contribution in [0.5, 0.6) is 0 Å². The van der Waals surface area contributed by atoms with Crippen LogP contribution in [0.25, 0.3) is 6.08 Å². The Hall–Kier alpha value is -2.33. The molecule has 1 N–H and O–H groups in total. The molecule has 1 saturated carbocycles. The molecule has 2 aromatic rings. The van der Waals surface area contributed by atoms with Crippen LogP contribution in [0.1, 0.15) is 12.0 Å². The number of carbonyl (C=O) groups is 1. The van der Waals surface area contributed by atoms with Crippen molar-refractivity contribution in [1.29, 1.82) is 0 Å². The molecule has 2 aliphatic rings. The number of benzene rings is 1. The Morgan fingerprint density at radius 3 is 2.69 bits per heavy atom. The molecule has 1 saturated heterocycles. The number of carbonyl (C=O) groups excluding carboxylic acids is 1. The highest BCUT2D eigenvalue weighted by molar-refractivity contribution is 6.30. The summed E-state index contributed by atoms with van der Waals surface area (Å²) >= 11 is 5.96. The van der Waals surface area contributed by atoms with Crippen LogP contribution in [-0.4, -0.2) is 30.5 Å². The molecule has 1 amide bonds. The Bertz CT molecular complexity index is 779. The monoisotopic (exact) mass is 367 g/mol. The lowest BCUT2D eigenvalue weighted by atomic mass is 10.2. The van der Waals surface area contributed by atoms with Gasteiger partial charge in [0.1, 0.15) is 0 Å². The van der Waals surface area contributed by atoms with E-state index < -0.39 is 0 Å². The highest BCUT2D eigenvalue weighted by Gasteiger charge is 2.54. The first kappa shape index (κ1) is 17.1. The number of amides is 1. The van der Waals surface area contributed by atoms with E-state index in [1.54, 1.807) is 24.5 Å². The van der Waals surface area contributed by atoms with Crippen molar-refractivity contribution >= 4 is 29.3 Å². The van der Waals surface area contributed by atoms with Gasteiger partial charge in [-0.3, -0.25) is 9.78 Å².